The third-order valence-electron chi connectivity index (χ3n) is 6.33. The van der Waals surface area contributed by atoms with Crippen molar-refractivity contribution in [3.05, 3.63) is 23.8 Å². The summed E-state index contributed by atoms with van der Waals surface area (Å²) >= 11 is 0. The predicted molar refractivity (Wildman–Crippen MR) is 122 cm³/mol. The van der Waals surface area contributed by atoms with Crippen molar-refractivity contribution in [3.8, 4) is 11.5 Å². The zero-order valence-corrected chi connectivity index (χ0v) is 20.1. The average Bonchev–Trinajstić information content (AvgIpc) is 3.13. The molecule has 3 unspecified atom stereocenters. The molecule has 1 saturated heterocycles. The molecular weight excluding hydrogens is 394 g/mol. The molecule has 1 aromatic carbocycles. The summed E-state index contributed by atoms with van der Waals surface area (Å²) < 4.78 is 22.1. The highest BCUT2D eigenvalue weighted by Crippen LogP contribution is 2.34. The normalized spacial score (nSPS) is 20.7. The first-order valence-corrected chi connectivity index (χ1v) is 11.5. The molecule has 6 nitrogen and oxygen atoms in total. The van der Waals surface area contributed by atoms with E-state index >= 15 is 0 Å². The number of nitrogens with two attached hydrogens (primary N) is 1. The lowest BCUT2D eigenvalue weighted by Crippen LogP contribution is -2.37. The minimum absolute atomic E-state index is 0.0343. The van der Waals surface area contributed by atoms with Crippen molar-refractivity contribution >= 4 is 5.97 Å². The van der Waals surface area contributed by atoms with E-state index in [1.807, 2.05) is 6.07 Å². The van der Waals surface area contributed by atoms with Crippen LogP contribution in [0.15, 0.2) is 18.2 Å². The van der Waals surface area contributed by atoms with Gasteiger partial charge in [-0.05, 0) is 54.7 Å². The second-order valence-corrected chi connectivity index (χ2v) is 9.35. The van der Waals surface area contributed by atoms with Crippen molar-refractivity contribution in [1.82, 2.24) is 0 Å². The van der Waals surface area contributed by atoms with Gasteiger partial charge in [-0.1, -0.05) is 33.8 Å². The Kier molecular flexibility index (Phi) is 10.1. The summed E-state index contributed by atoms with van der Waals surface area (Å²) in [6.45, 7) is 9.82. The Morgan fingerprint density at radius 1 is 1.13 bits per heavy atom. The van der Waals surface area contributed by atoms with E-state index in [-0.39, 0.29) is 30.0 Å². The molecule has 2 N–H and O–H groups in total. The monoisotopic (exact) mass is 435 g/mol. The van der Waals surface area contributed by atoms with Gasteiger partial charge in [-0.3, -0.25) is 4.79 Å². The van der Waals surface area contributed by atoms with Gasteiger partial charge < -0.3 is 24.7 Å². The number of carbonyl (C=O) groups excluding carboxylic acids is 1. The fourth-order valence-electron chi connectivity index (χ4n) is 4.18. The van der Waals surface area contributed by atoms with Crippen LogP contribution in [0.25, 0.3) is 0 Å². The highest BCUT2D eigenvalue weighted by molar-refractivity contribution is 5.75. The van der Waals surface area contributed by atoms with E-state index in [1.54, 1.807) is 14.2 Å². The number of methoxy groups -OCH3 is 2. The molecule has 0 saturated carbocycles. The highest BCUT2D eigenvalue weighted by Gasteiger charge is 2.39. The first-order valence-electron chi connectivity index (χ1n) is 11.5. The van der Waals surface area contributed by atoms with Gasteiger partial charge in [0.25, 0.3) is 0 Å². The number of hydrogen-bond acceptors (Lipinski definition) is 6. The number of carbonyl (C=O) groups is 1. The summed E-state index contributed by atoms with van der Waals surface area (Å²) in [5, 5.41) is 0. The fourth-order valence-corrected chi connectivity index (χ4v) is 4.18. The summed E-state index contributed by atoms with van der Waals surface area (Å²) in [6.07, 6.45) is 3.07. The fraction of sp³-hybridized carbons (Fsp3) is 0.720. The Hall–Kier alpha value is -1.79. The van der Waals surface area contributed by atoms with Crippen LogP contribution in [0.3, 0.4) is 0 Å². The van der Waals surface area contributed by atoms with E-state index < -0.39 is 0 Å². The quantitative estimate of drug-likeness (QED) is 0.369. The van der Waals surface area contributed by atoms with Crippen LogP contribution in [0, 0.1) is 23.7 Å². The van der Waals surface area contributed by atoms with Crippen LogP contribution in [0.1, 0.15) is 52.5 Å². The molecule has 6 heteroatoms. The molecule has 1 aromatic rings. The Labute approximate surface area is 187 Å². The van der Waals surface area contributed by atoms with E-state index in [0.29, 0.717) is 25.0 Å². The molecule has 1 fully saturated rings. The van der Waals surface area contributed by atoms with Crippen LogP contribution in [0.5, 0.6) is 11.5 Å². The minimum atomic E-state index is -0.184. The zero-order chi connectivity index (χ0) is 23.0. The van der Waals surface area contributed by atoms with E-state index in [2.05, 4.69) is 39.8 Å². The average molecular weight is 436 g/mol. The second-order valence-electron chi connectivity index (χ2n) is 9.35. The molecule has 4 atom stereocenters. The number of esters is 1. The van der Waals surface area contributed by atoms with Crippen molar-refractivity contribution in [1.29, 1.82) is 0 Å². The molecule has 0 aliphatic carbocycles. The maximum Gasteiger partial charge on any atom is 0.309 e. The van der Waals surface area contributed by atoms with Gasteiger partial charge in [-0.15, -0.1) is 0 Å². The smallest absolute Gasteiger partial charge is 0.309 e. The van der Waals surface area contributed by atoms with Gasteiger partial charge in [0, 0.05) is 26.2 Å². The Balaban J connectivity index is 2.03. The van der Waals surface area contributed by atoms with Crippen molar-refractivity contribution in [2.24, 2.45) is 29.4 Å². The summed E-state index contributed by atoms with van der Waals surface area (Å²) in [5.41, 5.74) is 7.72. The van der Waals surface area contributed by atoms with Gasteiger partial charge >= 0.3 is 5.97 Å². The van der Waals surface area contributed by atoms with Crippen LogP contribution < -0.4 is 15.2 Å². The third-order valence-corrected chi connectivity index (χ3v) is 6.33. The summed E-state index contributed by atoms with van der Waals surface area (Å²) in [6, 6.07) is 5.97. The lowest BCUT2D eigenvalue weighted by atomic mass is 9.82. The lowest BCUT2D eigenvalue weighted by Gasteiger charge is -2.27. The highest BCUT2D eigenvalue weighted by atomic mass is 16.6. The minimum Gasteiger partial charge on any atom is -0.493 e. The Morgan fingerprint density at radius 2 is 1.87 bits per heavy atom. The molecule has 31 heavy (non-hydrogen) atoms. The summed E-state index contributed by atoms with van der Waals surface area (Å²) in [4.78, 5) is 12.2. The van der Waals surface area contributed by atoms with Crippen molar-refractivity contribution in [3.63, 3.8) is 0 Å². The molecule has 1 heterocycles. The van der Waals surface area contributed by atoms with Gasteiger partial charge in [-0.2, -0.15) is 0 Å². The van der Waals surface area contributed by atoms with Gasteiger partial charge in [-0.25, -0.2) is 0 Å². The van der Waals surface area contributed by atoms with Gasteiger partial charge in [0.15, 0.2) is 11.5 Å². The molecular formula is C25H41NO5. The Morgan fingerprint density at radius 3 is 2.45 bits per heavy atom. The van der Waals surface area contributed by atoms with E-state index in [9.17, 15) is 4.79 Å². The summed E-state index contributed by atoms with van der Waals surface area (Å²) in [7, 11) is 3.34. The predicted octanol–water partition coefficient (Wildman–Crippen LogP) is 4.23. The molecule has 0 amide bonds. The second kappa shape index (κ2) is 12.3. The molecule has 1 aliphatic heterocycles. The number of ether oxygens (including phenoxy) is 4. The van der Waals surface area contributed by atoms with Crippen molar-refractivity contribution in [2.45, 2.75) is 65.5 Å². The summed E-state index contributed by atoms with van der Waals surface area (Å²) in [5.74, 6) is 2.48. The molecule has 0 aromatic heterocycles. The van der Waals surface area contributed by atoms with E-state index in [4.69, 9.17) is 24.7 Å². The Bertz CT molecular complexity index is 690. The molecule has 2 rings (SSSR count). The maximum atomic E-state index is 12.2. The van der Waals surface area contributed by atoms with Gasteiger partial charge in [0.2, 0.25) is 0 Å². The SMILES string of the molecule is COCCCOc1cc(CC(CC(N)C2C[C@@H](C(C)C)C(=O)O2)C(C)C)ccc1OC. The van der Waals surface area contributed by atoms with Crippen LogP contribution in [-0.2, 0) is 20.7 Å². The van der Waals surface area contributed by atoms with Crippen LogP contribution in [-0.4, -0.2) is 45.5 Å². The van der Waals surface area contributed by atoms with E-state index in [1.165, 1.54) is 5.56 Å². The largest absolute Gasteiger partial charge is 0.493 e. The first-order chi connectivity index (χ1) is 14.8. The number of hydrogen-bond donors (Lipinski definition) is 1. The molecule has 176 valence electrons. The third kappa shape index (κ3) is 7.39. The first kappa shape index (κ1) is 25.5. The number of cyclic esters (lactones) is 1. The van der Waals surface area contributed by atoms with Crippen LogP contribution >= 0.6 is 0 Å². The van der Waals surface area contributed by atoms with Crippen LogP contribution in [0.2, 0.25) is 0 Å². The van der Waals surface area contributed by atoms with E-state index in [0.717, 1.165) is 37.2 Å². The topological polar surface area (TPSA) is 80.0 Å². The standard InChI is InChI=1S/C25H41NO5/c1-16(2)19(14-21(26)23-15-20(17(3)4)25(27)31-23)12-18-8-9-22(29-6)24(13-18)30-11-7-10-28-5/h8-9,13,16-17,19-21,23H,7,10-12,14-15,26H2,1-6H3/t19?,20-,21?,23?/m0/s1. The lowest BCUT2D eigenvalue weighted by molar-refractivity contribution is -0.146. The number of benzene rings is 1. The molecule has 1 aliphatic rings. The van der Waals surface area contributed by atoms with Crippen molar-refractivity contribution < 1.29 is 23.7 Å². The van der Waals surface area contributed by atoms with Crippen LogP contribution in [0.4, 0.5) is 0 Å². The molecule has 0 bridgehead atoms. The van der Waals surface area contributed by atoms with Gasteiger partial charge in [0.05, 0.1) is 19.6 Å². The molecule has 0 radical (unpaired) electrons. The maximum absolute atomic E-state index is 12.2. The van der Waals surface area contributed by atoms with Gasteiger partial charge in [0.1, 0.15) is 6.10 Å². The number of rotatable bonds is 13. The zero-order valence-electron chi connectivity index (χ0n) is 20.1. The van der Waals surface area contributed by atoms with Crippen molar-refractivity contribution in [2.75, 3.05) is 27.4 Å². The molecule has 0 spiro atoms.